The summed E-state index contributed by atoms with van der Waals surface area (Å²) in [4.78, 5) is 9.87. The molecule has 1 N–H and O–H groups in total. The van der Waals surface area contributed by atoms with Crippen LogP contribution in [0, 0.1) is 6.92 Å². The van der Waals surface area contributed by atoms with E-state index in [1.165, 1.54) is 5.56 Å². The number of aryl methyl sites for hydroxylation is 1. The van der Waals surface area contributed by atoms with E-state index in [0.29, 0.717) is 0 Å². The SMILES string of the molecule is COc1ccccc1Nc1ncnc2scc(-c3ccc(C)cc3)c12. The van der Waals surface area contributed by atoms with Crippen LogP contribution >= 0.6 is 11.3 Å². The van der Waals surface area contributed by atoms with Crippen molar-refractivity contribution in [3.63, 3.8) is 0 Å². The fraction of sp³-hybridized carbons (Fsp3) is 0.100. The maximum absolute atomic E-state index is 5.44. The summed E-state index contributed by atoms with van der Waals surface area (Å²) in [6.45, 7) is 2.09. The number of aromatic nitrogens is 2. The third kappa shape index (κ3) is 2.94. The van der Waals surface area contributed by atoms with Crippen molar-refractivity contribution in [1.29, 1.82) is 0 Å². The molecule has 2 aromatic heterocycles. The fourth-order valence-electron chi connectivity index (χ4n) is 2.79. The van der Waals surface area contributed by atoms with Gasteiger partial charge in [0.05, 0.1) is 18.2 Å². The highest BCUT2D eigenvalue weighted by Crippen LogP contribution is 2.38. The van der Waals surface area contributed by atoms with Gasteiger partial charge in [-0.25, -0.2) is 9.97 Å². The molecule has 2 heterocycles. The van der Waals surface area contributed by atoms with E-state index in [1.807, 2.05) is 24.3 Å². The summed E-state index contributed by atoms with van der Waals surface area (Å²) in [5.74, 6) is 1.56. The second-order valence-corrected chi connectivity index (χ2v) is 6.60. The number of rotatable bonds is 4. The van der Waals surface area contributed by atoms with Gasteiger partial charge in [0.25, 0.3) is 0 Å². The molecule has 0 aliphatic carbocycles. The Morgan fingerprint density at radius 1 is 1.00 bits per heavy atom. The molecule has 2 aromatic carbocycles. The Labute approximate surface area is 150 Å². The quantitative estimate of drug-likeness (QED) is 0.535. The number of hydrogen-bond acceptors (Lipinski definition) is 5. The van der Waals surface area contributed by atoms with Crippen molar-refractivity contribution in [3.05, 3.63) is 65.8 Å². The molecule has 0 spiro atoms. The summed E-state index contributed by atoms with van der Waals surface area (Å²) >= 11 is 1.63. The van der Waals surface area contributed by atoms with Crippen LogP contribution in [0.3, 0.4) is 0 Å². The van der Waals surface area contributed by atoms with Gasteiger partial charge in [0.1, 0.15) is 22.7 Å². The summed E-state index contributed by atoms with van der Waals surface area (Å²) in [7, 11) is 1.67. The average molecular weight is 347 g/mol. The summed E-state index contributed by atoms with van der Waals surface area (Å²) < 4.78 is 5.44. The number of anilines is 2. The first kappa shape index (κ1) is 15.6. The van der Waals surface area contributed by atoms with E-state index < -0.39 is 0 Å². The molecule has 0 aliphatic rings. The maximum atomic E-state index is 5.44. The predicted octanol–water partition coefficient (Wildman–Crippen LogP) is 5.42. The molecule has 0 amide bonds. The zero-order valence-corrected chi connectivity index (χ0v) is 14.8. The van der Waals surface area contributed by atoms with E-state index >= 15 is 0 Å². The lowest BCUT2D eigenvalue weighted by atomic mass is 10.0. The van der Waals surface area contributed by atoms with Crippen molar-refractivity contribution in [1.82, 2.24) is 9.97 Å². The summed E-state index contributed by atoms with van der Waals surface area (Å²) in [5, 5.41) is 6.57. The van der Waals surface area contributed by atoms with Gasteiger partial charge in [-0.2, -0.15) is 0 Å². The Morgan fingerprint density at radius 2 is 1.80 bits per heavy atom. The lowest BCUT2D eigenvalue weighted by molar-refractivity contribution is 0.417. The zero-order valence-electron chi connectivity index (χ0n) is 14.0. The molecule has 0 unspecified atom stereocenters. The lowest BCUT2D eigenvalue weighted by Crippen LogP contribution is -1.98. The van der Waals surface area contributed by atoms with Crippen LogP contribution in [0.1, 0.15) is 5.56 Å². The number of ether oxygens (including phenoxy) is 1. The molecule has 0 bridgehead atoms. The van der Waals surface area contributed by atoms with E-state index in [2.05, 4.69) is 51.9 Å². The summed E-state index contributed by atoms with van der Waals surface area (Å²) in [5.41, 5.74) is 4.42. The van der Waals surface area contributed by atoms with E-state index in [9.17, 15) is 0 Å². The van der Waals surface area contributed by atoms with Gasteiger partial charge in [-0.05, 0) is 24.6 Å². The number of fused-ring (bicyclic) bond motifs is 1. The molecule has 25 heavy (non-hydrogen) atoms. The van der Waals surface area contributed by atoms with Crippen LogP contribution in [0.2, 0.25) is 0 Å². The van der Waals surface area contributed by atoms with E-state index in [-0.39, 0.29) is 0 Å². The van der Waals surface area contributed by atoms with Crippen LogP contribution in [0.5, 0.6) is 5.75 Å². The number of thiophene rings is 1. The van der Waals surface area contributed by atoms with Gasteiger partial charge in [0.15, 0.2) is 0 Å². The molecule has 0 aliphatic heterocycles. The van der Waals surface area contributed by atoms with Crippen LogP contribution in [0.15, 0.2) is 60.2 Å². The van der Waals surface area contributed by atoms with Gasteiger partial charge in [0.2, 0.25) is 0 Å². The molecule has 4 rings (SSSR count). The largest absolute Gasteiger partial charge is 0.495 e. The van der Waals surface area contributed by atoms with Crippen molar-refractivity contribution >= 4 is 33.1 Å². The van der Waals surface area contributed by atoms with Gasteiger partial charge in [0, 0.05) is 10.9 Å². The molecule has 0 saturated heterocycles. The summed E-state index contributed by atoms with van der Waals surface area (Å²) in [6, 6.07) is 16.3. The molecule has 0 saturated carbocycles. The number of para-hydroxylation sites is 2. The molecule has 5 heteroatoms. The van der Waals surface area contributed by atoms with Crippen molar-refractivity contribution in [2.75, 3.05) is 12.4 Å². The molecule has 0 radical (unpaired) electrons. The highest BCUT2D eigenvalue weighted by molar-refractivity contribution is 7.17. The molecule has 0 fully saturated rings. The van der Waals surface area contributed by atoms with E-state index in [0.717, 1.165) is 38.6 Å². The van der Waals surface area contributed by atoms with E-state index in [1.54, 1.807) is 24.8 Å². The normalized spacial score (nSPS) is 10.8. The summed E-state index contributed by atoms with van der Waals surface area (Å²) in [6.07, 6.45) is 1.59. The van der Waals surface area contributed by atoms with Crippen molar-refractivity contribution < 1.29 is 4.74 Å². The smallest absolute Gasteiger partial charge is 0.143 e. The van der Waals surface area contributed by atoms with Gasteiger partial charge >= 0.3 is 0 Å². The number of methoxy groups -OCH3 is 1. The molecular formula is C20H17N3OS. The number of benzene rings is 2. The third-order valence-corrected chi connectivity index (χ3v) is 4.98. The first-order valence-electron chi connectivity index (χ1n) is 7.95. The Balaban J connectivity index is 1.84. The van der Waals surface area contributed by atoms with Crippen LogP contribution in [0.4, 0.5) is 11.5 Å². The molecular weight excluding hydrogens is 330 g/mol. The number of hydrogen-bond donors (Lipinski definition) is 1. The van der Waals surface area contributed by atoms with Crippen LogP contribution in [-0.2, 0) is 0 Å². The second kappa shape index (κ2) is 6.53. The minimum atomic E-state index is 0.779. The first-order valence-corrected chi connectivity index (χ1v) is 8.83. The minimum absolute atomic E-state index is 0.779. The second-order valence-electron chi connectivity index (χ2n) is 5.74. The number of nitrogens with one attached hydrogen (secondary N) is 1. The van der Waals surface area contributed by atoms with Crippen molar-refractivity contribution in [3.8, 4) is 16.9 Å². The van der Waals surface area contributed by atoms with Crippen LogP contribution in [0.25, 0.3) is 21.3 Å². The first-order chi connectivity index (χ1) is 12.3. The highest BCUT2D eigenvalue weighted by atomic mass is 32.1. The van der Waals surface area contributed by atoms with Crippen molar-refractivity contribution in [2.45, 2.75) is 6.92 Å². The number of nitrogens with zero attached hydrogens (tertiary/aromatic N) is 2. The fourth-order valence-corrected chi connectivity index (χ4v) is 3.71. The standard InChI is InChI=1S/C20H17N3OS/c1-13-7-9-14(10-8-13)15-11-25-20-18(15)19(21-12-22-20)23-16-5-3-4-6-17(16)24-2/h3-12H,1-2H3,(H,21,22,23). The van der Waals surface area contributed by atoms with E-state index in [4.69, 9.17) is 4.74 Å². The van der Waals surface area contributed by atoms with Gasteiger partial charge < -0.3 is 10.1 Å². The average Bonchev–Trinajstić information content (AvgIpc) is 3.08. The van der Waals surface area contributed by atoms with Crippen molar-refractivity contribution in [2.24, 2.45) is 0 Å². The Hall–Kier alpha value is -2.92. The topological polar surface area (TPSA) is 47.0 Å². The lowest BCUT2D eigenvalue weighted by Gasteiger charge is -2.11. The molecule has 0 atom stereocenters. The minimum Gasteiger partial charge on any atom is -0.495 e. The van der Waals surface area contributed by atoms with Gasteiger partial charge in [-0.3, -0.25) is 0 Å². The monoisotopic (exact) mass is 347 g/mol. The maximum Gasteiger partial charge on any atom is 0.143 e. The highest BCUT2D eigenvalue weighted by Gasteiger charge is 2.14. The molecule has 4 aromatic rings. The van der Waals surface area contributed by atoms with Crippen LogP contribution in [-0.4, -0.2) is 17.1 Å². The molecule has 124 valence electrons. The van der Waals surface area contributed by atoms with Gasteiger partial charge in [-0.1, -0.05) is 42.0 Å². The molecule has 4 nitrogen and oxygen atoms in total. The Bertz CT molecular complexity index is 1020. The van der Waals surface area contributed by atoms with Gasteiger partial charge in [-0.15, -0.1) is 11.3 Å². The Kier molecular flexibility index (Phi) is 4.07. The Morgan fingerprint density at radius 3 is 2.60 bits per heavy atom. The predicted molar refractivity (Wildman–Crippen MR) is 104 cm³/mol. The van der Waals surface area contributed by atoms with Crippen LogP contribution < -0.4 is 10.1 Å². The zero-order chi connectivity index (χ0) is 17.2. The third-order valence-electron chi connectivity index (χ3n) is 4.09.